The van der Waals surface area contributed by atoms with E-state index in [-0.39, 0.29) is 53.6 Å². The van der Waals surface area contributed by atoms with Crippen LogP contribution < -0.4 is 0 Å². The zero-order valence-corrected chi connectivity index (χ0v) is 37.1. The molecule has 52 heavy (non-hydrogen) atoms. The van der Waals surface area contributed by atoms with Crippen molar-refractivity contribution in [1.82, 2.24) is 9.97 Å². The molecule has 5 nitrogen and oxygen atoms in total. The molecule has 8 heteroatoms. The Morgan fingerprint density at radius 1 is 0.962 bits per heavy atom. The molecule has 1 radical (unpaired) electrons. The number of aromatic hydroxyl groups is 1. The molecule has 2 N–H and O–H groups in total. The Labute approximate surface area is 333 Å². The summed E-state index contributed by atoms with van der Waals surface area (Å²) in [6, 6.07) is 11.8. The molecule has 0 fully saturated rings. The molecule has 0 aliphatic carbocycles. The Morgan fingerprint density at radius 3 is 2.17 bits per heavy atom. The van der Waals surface area contributed by atoms with Gasteiger partial charge in [0.2, 0.25) is 0 Å². The maximum absolute atomic E-state index is 12.2. The van der Waals surface area contributed by atoms with E-state index in [0.717, 1.165) is 64.6 Å². The van der Waals surface area contributed by atoms with Crippen LogP contribution in [0.1, 0.15) is 118 Å². The van der Waals surface area contributed by atoms with Crippen molar-refractivity contribution < 1.29 is 35.1 Å². The summed E-state index contributed by atoms with van der Waals surface area (Å²) in [4.78, 5) is 22.6. The number of phenolic OH excluding ortho intramolecular Hbond substituents is 1. The quantitative estimate of drug-likeness (QED) is 0.0783. The SMILES string of the molecule is CCC(C)(CC)C(=O)/C=C(\O)C(C)(CC)CC.Cc1sc2c(-c3cncnc3-c3[c-]c4ccsc4c(C(C)(C)C)c3)c(O)ccc2c1CC(C)C.[Ir]. The third-order valence-corrected chi connectivity index (χ3v) is 13.0. The van der Waals surface area contributed by atoms with Crippen LogP contribution in [-0.2, 0) is 36.7 Å². The molecular formula is C44H57IrN2O3S2-. The van der Waals surface area contributed by atoms with Crippen molar-refractivity contribution in [3.8, 4) is 28.1 Å². The third-order valence-electron chi connectivity index (χ3n) is 10.9. The number of benzene rings is 2. The van der Waals surface area contributed by atoms with Crippen LogP contribution in [0.4, 0.5) is 0 Å². The van der Waals surface area contributed by atoms with Crippen LogP contribution in [0, 0.1) is 29.7 Å². The number of aromatic nitrogens is 2. The van der Waals surface area contributed by atoms with E-state index in [2.05, 4.69) is 76.2 Å². The van der Waals surface area contributed by atoms with Crippen molar-refractivity contribution in [3.05, 3.63) is 76.1 Å². The number of aryl methyl sites for hydroxylation is 1. The first-order valence-corrected chi connectivity index (χ1v) is 20.1. The van der Waals surface area contributed by atoms with Crippen molar-refractivity contribution in [2.45, 2.75) is 121 Å². The molecule has 0 unspecified atom stereocenters. The molecule has 3 aromatic heterocycles. The molecule has 283 valence electrons. The van der Waals surface area contributed by atoms with Crippen molar-refractivity contribution in [2.75, 3.05) is 0 Å². The van der Waals surface area contributed by atoms with E-state index in [0.29, 0.717) is 5.92 Å². The van der Waals surface area contributed by atoms with Crippen LogP contribution >= 0.6 is 22.7 Å². The summed E-state index contributed by atoms with van der Waals surface area (Å²) < 4.78 is 2.36. The van der Waals surface area contributed by atoms with Gasteiger partial charge in [0, 0.05) is 64.0 Å². The molecule has 0 bridgehead atoms. The van der Waals surface area contributed by atoms with E-state index in [1.165, 1.54) is 32.2 Å². The Hall–Kier alpha value is -2.90. The molecule has 2 aromatic carbocycles. The van der Waals surface area contributed by atoms with Crippen LogP contribution in [0.2, 0.25) is 0 Å². The molecule has 0 aliphatic rings. The molecule has 0 saturated heterocycles. The van der Waals surface area contributed by atoms with Gasteiger partial charge in [-0.25, -0.2) is 4.98 Å². The number of allylic oxidation sites excluding steroid dienone is 2. The van der Waals surface area contributed by atoms with Crippen molar-refractivity contribution >= 4 is 48.6 Å². The molecule has 5 aromatic rings. The number of fused-ring (bicyclic) bond motifs is 2. The molecule has 0 amide bonds. The number of ketones is 1. The van der Waals surface area contributed by atoms with Crippen molar-refractivity contribution in [3.63, 3.8) is 0 Å². The number of aliphatic hydroxyl groups is 1. The Morgan fingerprint density at radius 2 is 1.60 bits per heavy atom. The van der Waals surface area contributed by atoms with Crippen LogP contribution in [0.3, 0.4) is 0 Å². The van der Waals surface area contributed by atoms with E-state index >= 15 is 0 Å². The fraction of sp³-hybridized carbons (Fsp3) is 0.477. The predicted octanol–water partition coefficient (Wildman–Crippen LogP) is 13.2. The maximum atomic E-state index is 12.2. The number of nitrogens with zero attached hydrogens (tertiary/aromatic N) is 2. The minimum atomic E-state index is -0.337. The summed E-state index contributed by atoms with van der Waals surface area (Å²) in [5.74, 6) is 1.11. The van der Waals surface area contributed by atoms with Gasteiger partial charge in [-0.15, -0.1) is 34.9 Å². The van der Waals surface area contributed by atoms with Gasteiger partial charge in [-0.3, -0.25) is 9.78 Å². The van der Waals surface area contributed by atoms with E-state index < -0.39 is 0 Å². The summed E-state index contributed by atoms with van der Waals surface area (Å²) in [5, 5.41) is 25.7. The fourth-order valence-corrected chi connectivity index (χ4v) is 8.66. The molecule has 0 spiro atoms. The van der Waals surface area contributed by atoms with Gasteiger partial charge in [0.15, 0.2) is 5.78 Å². The van der Waals surface area contributed by atoms with E-state index in [4.69, 9.17) is 4.98 Å². The number of aliphatic hydroxyl groups excluding tert-OH is 1. The average molecular weight is 918 g/mol. The molecule has 0 saturated carbocycles. The van der Waals surface area contributed by atoms with Crippen molar-refractivity contribution in [1.29, 1.82) is 0 Å². The maximum Gasteiger partial charge on any atom is 0.164 e. The van der Waals surface area contributed by atoms with Crippen LogP contribution in [-0.4, -0.2) is 26.0 Å². The van der Waals surface area contributed by atoms with Crippen LogP contribution in [0.15, 0.2) is 54.0 Å². The minimum Gasteiger partial charge on any atom is -0.512 e. The predicted molar refractivity (Wildman–Crippen MR) is 219 cm³/mol. The average Bonchev–Trinajstić information content (AvgIpc) is 3.70. The third kappa shape index (κ3) is 9.06. The van der Waals surface area contributed by atoms with Crippen LogP contribution in [0.25, 0.3) is 42.6 Å². The Bertz CT molecular complexity index is 2020. The van der Waals surface area contributed by atoms with Gasteiger partial charge < -0.3 is 10.2 Å². The monoisotopic (exact) mass is 918 g/mol. The van der Waals surface area contributed by atoms with E-state index in [1.54, 1.807) is 29.0 Å². The van der Waals surface area contributed by atoms with E-state index in [9.17, 15) is 15.0 Å². The first-order valence-electron chi connectivity index (χ1n) is 18.4. The van der Waals surface area contributed by atoms with Gasteiger partial charge in [0.05, 0.1) is 0 Å². The van der Waals surface area contributed by atoms with Gasteiger partial charge in [0.25, 0.3) is 0 Å². The first-order chi connectivity index (χ1) is 23.9. The summed E-state index contributed by atoms with van der Waals surface area (Å²) >= 11 is 3.50. The zero-order valence-electron chi connectivity index (χ0n) is 33.1. The van der Waals surface area contributed by atoms with Crippen LogP contribution in [0.5, 0.6) is 5.75 Å². The van der Waals surface area contributed by atoms with Gasteiger partial charge in [-0.05, 0) is 89.1 Å². The number of hydrogen-bond donors (Lipinski definition) is 2. The molecule has 0 atom stereocenters. The number of carbonyl (C=O) groups is 1. The van der Waals surface area contributed by atoms with Gasteiger partial charge in [-0.1, -0.05) is 87.3 Å². The second kappa shape index (κ2) is 17.5. The normalized spacial score (nSPS) is 12.6. The summed E-state index contributed by atoms with van der Waals surface area (Å²) in [7, 11) is 0. The minimum absolute atomic E-state index is 0. The Kier molecular flexibility index (Phi) is 14.6. The standard InChI is InChI=1S/C29H29N2OS2.C15H28O2.Ir/c1-16(2)11-21-17(3)34-28-20(21)7-8-24(32)25(28)22-14-30-15-31-26(22)19-12-18-9-10-33-27(18)23(13-19)29(4,5)6;1-7-14(5,8-2)12(16)11-13(17)15(6,9-3)10-4;/h7-10,13-16,32H,11H2,1-6H3;11,16H,7-10H2,1-6H3;/q-1;;/b;12-11-;. The summed E-state index contributed by atoms with van der Waals surface area (Å²) in [5.41, 5.74) is 5.42. The number of thiophene rings is 2. The largest absolute Gasteiger partial charge is 0.512 e. The van der Waals surface area contributed by atoms with E-state index in [1.807, 2.05) is 53.8 Å². The van der Waals surface area contributed by atoms with Crippen molar-refractivity contribution in [2.24, 2.45) is 16.7 Å². The number of hydrogen-bond acceptors (Lipinski definition) is 7. The smallest absolute Gasteiger partial charge is 0.164 e. The number of phenols is 1. The second-order valence-corrected chi connectivity index (χ2v) is 17.9. The Balaban J connectivity index is 0.000000347. The molecule has 3 heterocycles. The zero-order chi connectivity index (χ0) is 37.9. The molecule has 5 rings (SSSR count). The molecular weight excluding hydrogens is 861 g/mol. The van der Waals surface area contributed by atoms with Gasteiger partial charge in [-0.2, -0.15) is 11.3 Å². The number of carbonyl (C=O) groups excluding carboxylic acids is 1. The topological polar surface area (TPSA) is 83.3 Å². The fourth-order valence-electron chi connectivity index (χ4n) is 6.35. The summed E-state index contributed by atoms with van der Waals surface area (Å²) in [6.07, 6.45) is 9.19. The number of rotatable bonds is 11. The summed E-state index contributed by atoms with van der Waals surface area (Å²) in [6.45, 7) is 25.5. The first kappa shape index (κ1) is 43.5. The second-order valence-electron chi connectivity index (χ2n) is 15.8. The molecule has 0 aliphatic heterocycles. The van der Waals surface area contributed by atoms with Gasteiger partial charge in [0.1, 0.15) is 17.8 Å². The van der Waals surface area contributed by atoms with Gasteiger partial charge >= 0.3 is 0 Å².